The predicted molar refractivity (Wildman–Crippen MR) is 80.1 cm³/mol. The van der Waals surface area contributed by atoms with Crippen LogP contribution in [-0.4, -0.2) is 17.6 Å². The molecule has 0 aliphatic carbocycles. The summed E-state index contributed by atoms with van der Waals surface area (Å²) in [7, 11) is 0. The predicted octanol–water partition coefficient (Wildman–Crippen LogP) is 4.20. The molecule has 1 aromatic heterocycles. The second-order valence-corrected chi connectivity index (χ2v) is 4.92. The summed E-state index contributed by atoms with van der Waals surface area (Å²) in [5.74, 6) is -0.340. The maximum absolute atomic E-state index is 11.9. The van der Waals surface area contributed by atoms with E-state index in [1.807, 2.05) is 44.2 Å². The van der Waals surface area contributed by atoms with E-state index < -0.39 is 0 Å². The van der Waals surface area contributed by atoms with Crippen molar-refractivity contribution in [3.05, 3.63) is 52.3 Å². The molecule has 0 unspecified atom stereocenters. The SMILES string of the molecule is CCOC(=O)c1cc(-c2ccc(Cl)cc2)c(C)nc1C. The Balaban J connectivity index is 2.51. The molecule has 0 saturated heterocycles. The van der Waals surface area contributed by atoms with Crippen LogP contribution in [0.4, 0.5) is 0 Å². The molecule has 0 spiro atoms. The minimum absolute atomic E-state index is 0.340. The van der Waals surface area contributed by atoms with Crippen LogP contribution in [0.15, 0.2) is 30.3 Å². The molecule has 2 aromatic rings. The summed E-state index contributed by atoms with van der Waals surface area (Å²) in [5.41, 5.74) is 3.94. The van der Waals surface area contributed by atoms with Crippen LogP contribution in [0.2, 0.25) is 5.02 Å². The van der Waals surface area contributed by atoms with Gasteiger partial charge in [0.15, 0.2) is 0 Å². The number of rotatable bonds is 3. The van der Waals surface area contributed by atoms with Crippen molar-refractivity contribution in [2.75, 3.05) is 6.61 Å². The molecule has 0 N–H and O–H groups in total. The first-order valence-corrected chi connectivity index (χ1v) is 6.82. The fourth-order valence-corrected chi connectivity index (χ4v) is 2.19. The first-order chi connectivity index (χ1) is 9.52. The molecular weight excluding hydrogens is 274 g/mol. The van der Waals surface area contributed by atoms with E-state index in [4.69, 9.17) is 16.3 Å². The largest absolute Gasteiger partial charge is 0.462 e. The number of benzene rings is 1. The van der Waals surface area contributed by atoms with Crippen molar-refractivity contribution in [3.8, 4) is 11.1 Å². The first-order valence-electron chi connectivity index (χ1n) is 6.44. The molecule has 2 rings (SSSR count). The smallest absolute Gasteiger partial charge is 0.339 e. The lowest BCUT2D eigenvalue weighted by Crippen LogP contribution is -2.09. The quantitative estimate of drug-likeness (QED) is 0.795. The number of pyridine rings is 1. The Kier molecular flexibility index (Phi) is 4.40. The number of esters is 1. The number of carbonyl (C=O) groups is 1. The minimum atomic E-state index is -0.340. The highest BCUT2D eigenvalue weighted by molar-refractivity contribution is 6.30. The van der Waals surface area contributed by atoms with Gasteiger partial charge in [-0.05, 0) is 44.5 Å². The summed E-state index contributed by atoms with van der Waals surface area (Å²) in [6.45, 7) is 5.87. The molecule has 1 aromatic carbocycles. The van der Waals surface area contributed by atoms with Crippen LogP contribution in [0.5, 0.6) is 0 Å². The Hall–Kier alpha value is -1.87. The lowest BCUT2D eigenvalue weighted by atomic mass is 10.0. The molecule has 0 amide bonds. The molecule has 0 radical (unpaired) electrons. The van der Waals surface area contributed by atoms with Gasteiger partial charge in [-0.25, -0.2) is 4.79 Å². The standard InChI is InChI=1S/C16H16ClNO2/c1-4-20-16(19)15-9-14(10(2)18-11(15)3)12-5-7-13(17)8-6-12/h5-9H,4H2,1-3H3. The molecule has 1 heterocycles. The maximum Gasteiger partial charge on any atom is 0.339 e. The van der Waals surface area contributed by atoms with Crippen molar-refractivity contribution in [1.29, 1.82) is 0 Å². The maximum atomic E-state index is 11.9. The average Bonchev–Trinajstić information content (AvgIpc) is 2.40. The average molecular weight is 290 g/mol. The topological polar surface area (TPSA) is 39.2 Å². The lowest BCUT2D eigenvalue weighted by Gasteiger charge is -2.11. The van der Waals surface area contributed by atoms with Gasteiger partial charge in [0.2, 0.25) is 0 Å². The summed E-state index contributed by atoms with van der Waals surface area (Å²) in [5, 5.41) is 0.678. The third-order valence-corrected chi connectivity index (χ3v) is 3.31. The molecule has 4 heteroatoms. The van der Waals surface area contributed by atoms with Gasteiger partial charge in [-0.15, -0.1) is 0 Å². The van der Waals surface area contributed by atoms with Gasteiger partial charge in [0.1, 0.15) is 0 Å². The van der Waals surface area contributed by atoms with Crippen LogP contribution in [0.25, 0.3) is 11.1 Å². The second-order valence-electron chi connectivity index (χ2n) is 4.48. The number of aromatic nitrogens is 1. The number of hydrogen-bond donors (Lipinski definition) is 0. The monoisotopic (exact) mass is 289 g/mol. The normalized spacial score (nSPS) is 10.4. The molecule has 104 valence electrons. The van der Waals surface area contributed by atoms with Crippen LogP contribution in [0, 0.1) is 13.8 Å². The molecule has 0 saturated carbocycles. The van der Waals surface area contributed by atoms with Crippen molar-refractivity contribution >= 4 is 17.6 Å². The van der Waals surface area contributed by atoms with Crippen molar-refractivity contribution in [1.82, 2.24) is 4.98 Å². The van der Waals surface area contributed by atoms with Gasteiger partial charge < -0.3 is 4.74 Å². The van der Waals surface area contributed by atoms with E-state index >= 15 is 0 Å². The molecule has 0 aliphatic heterocycles. The van der Waals surface area contributed by atoms with Crippen molar-refractivity contribution < 1.29 is 9.53 Å². The third-order valence-electron chi connectivity index (χ3n) is 3.05. The highest BCUT2D eigenvalue weighted by Gasteiger charge is 2.15. The summed E-state index contributed by atoms with van der Waals surface area (Å²) in [6.07, 6.45) is 0. The number of ether oxygens (including phenoxy) is 1. The molecule has 0 bridgehead atoms. The second kappa shape index (κ2) is 6.06. The lowest BCUT2D eigenvalue weighted by molar-refractivity contribution is 0.0525. The first kappa shape index (κ1) is 14.5. The Labute approximate surface area is 123 Å². The minimum Gasteiger partial charge on any atom is -0.462 e. The molecule has 3 nitrogen and oxygen atoms in total. The van der Waals surface area contributed by atoms with Gasteiger partial charge in [-0.1, -0.05) is 23.7 Å². The molecule has 0 fully saturated rings. The van der Waals surface area contributed by atoms with E-state index in [0.29, 0.717) is 22.9 Å². The molecular formula is C16H16ClNO2. The summed E-state index contributed by atoms with van der Waals surface area (Å²) >= 11 is 5.90. The highest BCUT2D eigenvalue weighted by Crippen LogP contribution is 2.26. The summed E-state index contributed by atoms with van der Waals surface area (Å²) in [6, 6.07) is 9.30. The van der Waals surface area contributed by atoms with E-state index in [0.717, 1.165) is 16.8 Å². The van der Waals surface area contributed by atoms with Crippen LogP contribution in [0.1, 0.15) is 28.7 Å². The Bertz CT molecular complexity index is 636. The van der Waals surface area contributed by atoms with E-state index in [1.165, 1.54) is 0 Å². The van der Waals surface area contributed by atoms with E-state index in [-0.39, 0.29) is 5.97 Å². The zero-order valence-corrected chi connectivity index (χ0v) is 12.5. The van der Waals surface area contributed by atoms with E-state index in [9.17, 15) is 4.79 Å². The van der Waals surface area contributed by atoms with Gasteiger partial charge in [0.05, 0.1) is 17.9 Å². The Morgan fingerprint density at radius 1 is 1.20 bits per heavy atom. The van der Waals surface area contributed by atoms with Crippen LogP contribution < -0.4 is 0 Å². The molecule has 20 heavy (non-hydrogen) atoms. The number of halogens is 1. The van der Waals surface area contributed by atoms with E-state index in [1.54, 1.807) is 6.92 Å². The number of aryl methyl sites for hydroxylation is 2. The van der Waals surface area contributed by atoms with Crippen molar-refractivity contribution in [2.45, 2.75) is 20.8 Å². The van der Waals surface area contributed by atoms with Gasteiger partial charge in [-0.2, -0.15) is 0 Å². The van der Waals surface area contributed by atoms with Crippen LogP contribution in [0.3, 0.4) is 0 Å². The van der Waals surface area contributed by atoms with Gasteiger partial charge in [0.25, 0.3) is 0 Å². The van der Waals surface area contributed by atoms with Gasteiger partial charge in [-0.3, -0.25) is 4.98 Å². The van der Waals surface area contributed by atoms with Crippen molar-refractivity contribution in [3.63, 3.8) is 0 Å². The fourth-order valence-electron chi connectivity index (χ4n) is 2.06. The van der Waals surface area contributed by atoms with Crippen LogP contribution >= 0.6 is 11.6 Å². The molecule has 0 aliphatic rings. The van der Waals surface area contributed by atoms with Gasteiger partial charge >= 0.3 is 5.97 Å². The number of hydrogen-bond acceptors (Lipinski definition) is 3. The Morgan fingerprint density at radius 2 is 1.85 bits per heavy atom. The highest BCUT2D eigenvalue weighted by atomic mass is 35.5. The van der Waals surface area contributed by atoms with Gasteiger partial charge in [0, 0.05) is 16.3 Å². The zero-order chi connectivity index (χ0) is 14.7. The van der Waals surface area contributed by atoms with E-state index in [2.05, 4.69) is 4.98 Å². The fraction of sp³-hybridized carbons (Fsp3) is 0.250. The summed E-state index contributed by atoms with van der Waals surface area (Å²) < 4.78 is 5.06. The Morgan fingerprint density at radius 3 is 2.45 bits per heavy atom. The van der Waals surface area contributed by atoms with Crippen LogP contribution in [-0.2, 0) is 4.74 Å². The molecule has 0 atom stereocenters. The summed E-state index contributed by atoms with van der Waals surface area (Å²) in [4.78, 5) is 16.4. The number of carbonyl (C=O) groups excluding carboxylic acids is 1. The van der Waals surface area contributed by atoms with Crippen molar-refractivity contribution in [2.24, 2.45) is 0 Å². The third kappa shape index (κ3) is 2.99. The zero-order valence-electron chi connectivity index (χ0n) is 11.7. The number of nitrogens with zero attached hydrogens (tertiary/aromatic N) is 1.